The topological polar surface area (TPSA) is 34.9 Å². The highest BCUT2D eigenvalue weighted by molar-refractivity contribution is 9.10. The minimum absolute atomic E-state index is 0.276. The highest BCUT2D eigenvalue weighted by Crippen LogP contribution is 2.26. The van der Waals surface area contributed by atoms with Crippen molar-refractivity contribution < 1.29 is 4.79 Å². The maximum Gasteiger partial charge on any atom is 0.155 e. The highest BCUT2D eigenvalue weighted by atomic mass is 79.9. The van der Waals surface area contributed by atoms with Crippen LogP contribution in [0, 0.1) is 6.92 Å². The predicted octanol–water partition coefficient (Wildman–Crippen LogP) is 3.59. The van der Waals surface area contributed by atoms with E-state index < -0.39 is 0 Å². The summed E-state index contributed by atoms with van der Waals surface area (Å²) in [5, 5.41) is 4.49. The third kappa shape index (κ3) is 2.91. The quantitative estimate of drug-likeness (QED) is 0.855. The van der Waals surface area contributed by atoms with Gasteiger partial charge >= 0.3 is 0 Å². The smallest absolute Gasteiger partial charge is 0.155 e. The van der Waals surface area contributed by atoms with Gasteiger partial charge in [-0.25, -0.2) is 0 Å². The Balaban J connectivity index is 2.25. The van der Waals surface area contributed by atoms with Crippen molar-refractivity contribution in [3.8, 4) is 0 Å². The molecular weight excluding hydrogens is 292 g/mol. The van der Waals surface area contributed by atoms with Gasteiger partial charge in [0.15, 0.2) is 5.78 Å². The van der Waals surface area contributed by atoms with E-state index in [-0.39, 0.29) is 5.78 Å². The van der Waals surface area contributed by atoms with Crippen molar-refractivity contribution in [3.63, 3.8) is 0 Å². The van der Waals surface area contributed by atoms with Crippen LogP contribution >= 0.6 is 15.9 Å². The van der Waals surface area contributed by atoms with Gasteiger partial charge in [-0.3, -0.25) is 9.48 Å². The van der Waals surface area contributed by atoms with Crippen molar-refractivity contribution in [1.82, 2.24) is 9.78 Å². The minimum Gasteiger partial charge on any atom is -0.295 e. The van der Waals surface area contributed by atoms with Gasteiger partial charge in [0.25, 0.3) is 0 Å². The number of allylic oxidation sites excluding steroid dienone is 2. The maximum atomic E-state index is 11.6. The first kappa shape index (κ1) is 13.5. The van der Waals surface area contributed by atoms with Gasteiger partial charge in [-0.1, -0.05) is 5.57 Å². The van der Waals surface area contributed by atoms with Gasteiger partial charge in [0.05, 0.1) is 15.9 Å². The Morgan fingerprint density at radius 1 is 1.39 bits per heavy atom. The summed E-state index contributed by atoms with van der Waals surface area (Å²) in [6.07, 6.45) is 6.56. The number of ketones is 1. The number of hydrogen-bond donors (Lipinski definition) is 0. The first-order chi connectivity index (χ1) is 8.61. The number of hydrogen-bond acceptors (Lipinski definition) is 2. The summed E-state index contributed by atoms with van der Waals surface area (Å²) < 4.78 is 3.11. The van der Waals surface area contributed by atoms with Crippen LogP contribution in [-0.2, 0) is 17.8 Å². The number of nitrogens with zero attached hydrogens (tertiary/aromatic N) is 2. The Hall–Kier alpha value is -0.900. The molecule has 2 rings (SSSR count). The molecule has 0 bridgehead atoms. The molecule has 3 nitrogen and oxygen atoms in total. The normalized spacial score (nSPS) is 16.6. The lowest BCUT2D eigenvalue weighted by molar-refractivity contribution is -0.114. The van der Waals surface area contributed by atoms with Crippen molar-refractivity contribution in [1.29, 1.82) is 0 Å². The van der Waals surface area contributed by atoms with Crippen molar-refractivity contribution >= 4 is 21.7 Å². The highest BCUT2D eigenvalue weighted by Gasteiger charge is 2.15. The van der Waals surface area contributed by atoms with Crippen molar-refractivity contribution in [2.45, 2.75) is 52.5 Å². The van der Waals surface area contributed by atoms with Gasteiger partial charge in [0, 0.05) is 19.4 Å². The van der Waals surface area contributed by atoms with Crippen LogP contribution in [-0.4, -0.2) is 15.6 Å². The van der Waals surface area contributed by atoms with Crippen LogP contribution in [0.2, 0.25) is 0 Å². The maximum absolute atomic E-state index is 11.6. The lowest BCUT2D eigenvalue weighted by Gasteiger charge is -2.08. The standard InChI is InChI=1S/C14H19BrN2O/c1-3-17-13(14(15)10(2)16-17)9-11-6-4-5-7-12(18)8-11/h8H,3-7,9H2,1-2H3. The molecule has 0 amide bonds. The molecule has 1 aromatic rings. The van der Waals surface area contributed by atoms with Crippen LogP contribution in [0.4, 0.5) is 0 Å². The van der Waals surface area contributed by atoms with E-state index >= 15 is 0 Å². The fraction of sp³-hybridized carbons (Fsp3) is 0.571. The van der Waals surface area contributed by atoms with Crippen LogP contribution in [0.3, 0.4) is 0 Å². The Labute approximate surface area is 116 Å². The molecule has 0 unspecified atom stereocenters. The van der Waals surface area contributed by atoms with Crippen molar-refractivity contribution in [2.24, 2.45) is 0 Å². The third-order valence-corrected chi connectivity index (χ3v) is 4.42. The number of carbonyl (C=O) groups excluding carboxylic acids is 1. The zero-order valence-corrected chi connectivity index (χ0v) is 12.6. The minimum atomic E-state index is 0.276. The molecule has 0 saturated heterocycles. The van der Waals surface area contributed by atoms with E-state index in [1.54, 1.807) is 0 Å². The Morgan fingerprint density at radius 3 is 2.83 bits per heavy atom. The summed E-state index contributed by atoms with van der Waals surface area (Å²) in [4.78, 5) is 11.6. The largest absolute Gasteiger partial charge is 0.295 e. The average molecular weight is 311 g/mol. The Morgan fingerprint density at radius 2 is 2.11 bits per heavy atom. The van der Waals surface area contributed by atoms with E-state index in [1.165, 1.54) is 11.3 Å². The SMILES string of the molecule is CCn1nc(C)c(Br)c1CC1=CC(=O)CCCC1. The number of aryl methyl sites for hydroxylation is 2. The Kier molecular flexibility index (Phi) is 4.38. The molecule has 1 heterocycles. The molecule has 1 aliphatic carbocycles. The van der Waals surface area contributed by atoms with E-state index in [2.05, 4.69) is 28.0 Å². The van der Waals surface area contributed by atoms with E-state index in [4.69, 9.17) is 0 Å². The lowest BCUT2D eigenvalue weighted by atomic mass is 10.0. The molecule has 0 radical (unpaired) electrons. The van der Waals surface area contributed by atoms with Gasteiger partial charge < -0.3 is 0 Å². The predicted molar refractivity (Wildman–Crippen MR) is 75.6 cm³/mol. The fourth-order valence-corrected chi connectivity index (χ4v) is 2.84. The molecule has 0 spiro atoms. The second kappa shape index (κ2) is 5.83. The number of halogens is 1. The summed E-state index contributed by atoms with van der Waals surface area (Å²) in [5.41, 5.74) is 3.45. The molecule has 1 aromatic heterocycles. The van der Waals surface area contributed by atoms with Gasteiger partial charge in [-0.2, -0.15) is 5.10 Å². The van der Waals surface area contributed by atoms with Gasteiger partial charge in [-0.15, -0.1) is 0 Å². The van der Waals surface area contributed by atoms with E-state index in [1.807, 2.05) is 17.7 Å². The summed E-state index contributed by atoms with van der Waals surface area (Å²) in [6.45, 7) is 4.96. The molecule has 0 aromatic carbocycles. The lowest BCUT2D eigenvalue weighted by Crippen LogP contribution is -2.05. The summed E-state index contributed by atoms with van der Waals surface area (Å²) in [5.74, 6) is 0.276. The number of carbonyl (C=O) groups is 1. The summed E-state index contributed by atoms with van der Waals surface area (Å²) >= 11 is 3.61. The molecule has 4 heteroatoms. The number of rotatable bonds is 3. The zero-order valence-electron chi connectivity index (χ0n) is 11.0. The van der Waals surface area contributed by atoms with Crippen molar-refractivity contribution in [2.75, 3.05) is 0 Å². The molecule has 18 heavy (non-hydrogen) atoms. The second-order valence-electron chi connectivity index (χ2n) is 4.81. The zero-order chi connectivity index (χ0) is 13.1. The average Bonchev–Trinajstić information content (AvgIpc) is 2.53. The van der Waals surface area contributed by atoms with Gasteiger partial charge in [0.2, 0.25) is 0 Å². The molecule has 1 aliphatic rings. The molecule has 0 aliphatic heterocycles. The summed E-state index contributed by atoms with van der Waals surface area (Å²) in [6, 6.07) is 0. The fourth-order valence-electron chi connectivity index (χ4n) is 2.42. The van der Waals surface area contributed by atoms with Gasteiger partial charge in [-0.05, 0) is 55.1 Å². The van der Waals surface area contributed by atoms with E-state index in [0.29, 0.717) is 6.42 Å². The third-order valence-electron chi connectivity index (χ3n) is 3.38. The van der Waals surface area contributed by atoms with Crippen LogP contribution in [0.5, 0.6) is 0 Å². The van der Waals surface area contributed by atoms with Gasteiger partial charge in [0.1, 0.15) is 0 Å². The first-order valence-electron chi connectivity index (χ1n) is 6.56. The van der Waals surface area contributed by atoms with E-state index in [9.17, 15) is 4.79 Å². The second-order valence-corrected chi connectivity index (χ2v) is 5.61. The van der Waals surface area contributed by atoms with Crippen LogP contribution < -0.4 is 0 Å². The molecule has 0 N–H and O–H groups in total. The molecule has 0 saturated carbocycles. The Bertz CT molecular complexity index is 488. The summed E-state index contributed by atoms with van der Waals surface area (Å²) in [7, 11) is 0. The number of aromatic nitrogens is 2. The van der Waals surface area contributed by atoms with Crippen molar-refractivity contribution in [3.05, 3.63) is 27.5 Å². The van der Waals surface area contributed by atoms with Crippen LogP contribution in [0.1, 0.15) is 44.0 Å². The van der Waals surface area contributed by atoms with E-state index in [0.717, 1.165) is 42.4 Å². The van der Waals surface area contributed by atoms with Crippen LogP contribution in [0.25, 0.3) is 0 Å². The first-order valence-corrected chi connectivity index (χ1v) is 7.35. The molecule has 0 fully saturated rings. The van der Waals surface area contributed by atoms with Crippen LogP contribution in [0.15, 0.2) is 16.1 Å². The molecule has 0 atom stereocenters. The molecule has 98 valence electrons. The monoisotopic (exact) mass is 310 g/mol. The molecular formula is C14H19BrN2O.